The van der Waals surface area contributed by atoms with Gasteiger partial charge in [0.15, 0.2) is 0 Å². The summed E-state index contributed by atoms with van der Waals surface area (Å²) in [6.07, 6.45) is 0. The van der Waals surface area contributed by atoms with Gasteiger partial charge in [-0.15, -0.1) is 0 Å². The molecule has 0 amide bonds. The first-order chi connectivity index (χ1) is 6.03. The standard InChI is InChI=1S/C8H10ClNO2S/c1-2-13(11,12)10-8-5-3-4-7(9)6-8/h3-6,10H,2H2,1H3. The van der Waals surface area contributed by atoms with E-state index in [4.69, 9.17) is 11.6 Å². The molecule has 5 heteroatoms. The predicted octanol–water partition coefficient (Wildman–Crippen LogP) is 2.10. The number of nitrogens with one attached hydrogen (secondary N) is 1. The van der Waals surface area contributed by atoms with Crippen molar-refractivity contribution in [3.05, 3.63) is 29.3 Å². The molecule has 1 N–H and O–H groups in total. The molecule has 1 aromatic rings. The Morgan fingerprint density at radius 3 is 2.69 bits per heavy atom. The Hall–Kier alpha value is -0.740. The lowest BCUT2D eigenvalue weighted by Crippen LogP contribution is -2.14. The Kier molecular flexibility index (Phi) is 3.17. The highest BCUT2D eigenvalue weighted by Gasteiger charge is 2.05. The quantitative estimate of drug-likeness (QED) is 0.847. The van der Waals surface area contributed by atoms with Crippen LogP contribution in [0, 0.1) is 0 Å². The fourth-order valence-electron chi connectivity index (χ4n) is 0.804. The molecule has 0 atom stereocenters. The van der Waals surface area contributed by atoms with Crippen molar-refractivity contribution in [2.45, 2.75) is 6.92 Å². The molecule has 0 saturated carbocycles. The van der Waals surface area contributed by atoms with E-state index in [-0.39, 0.29) is 5.75 Å². The lowest BCUT2D eigenvalue weighted by molar-refractivity contribution is 0.602. The summed E-state index contributed by atoms with van der Waals surface area (Å²) < 4.78 is 24.6. The van der Waals surface area contributed by atoms with Crippen molar-refractivity contribution in [3.8, 4) is 0 Å². The van der Waals surface area contributed by atoms with E-state index in [1.165, 1.54) is 0 Å². The maximum atomic E-state index is 11.1. The average Bonchev–Trinajstić information content (AvgIpc) is 2.03. The van der Waals surface area contributed by atoms with Crippen molar-refractivity contribution < 1.29 is 8.42 Å². The monoisotopic (exact) mass is 219 g/mol. The zero-order valence-electron chi connectivity index (χ0n) is 7.12. The summed E-state index contributed by atoms with van der Waals surface area (Å²) in [6, 6.07) is 6.59. The van der Waals surface area contributed by atoms with Gasteiger partial charge in [-0.3, -0.25) is 4.72 Å². The average molecular weight is 220 g/mol. The maximum absolute atomic E-state index is 11.1. The number of benzene rings is 1. The van der Waals surface area contributed by atoms with Gasteiger partial charge in [0.1, 0.15) is 0 Å². The summed E-state index contributed by atoms with van der Waals surface area (Å²) in [5.74, 6) is 0.0551. The Balaban J connectivity index is 2.87. The van der Waals surface area contributed by atoms with E-state index in [0.29, 0.717) is 10.7 Å². The van der Waals surface area contributed by atoms with E-state index in [9.17, 15) is 8.42 Å². The van der Waals surface area contributed by atoms with Crippen LogP contribution in [0.25, 0.3) is 0 Å². The molecule has 1 rings (SSSR count). The minimum atomic E-state index is -3.20. The molecule has 0 heterocycles. The van der Waals surface area contributed by atoms with Crippen LogP contribution in [0.2, 0.25) is 5.02 Å². The fraction of sp³-hybridized carbons (Fsp3) is 0.250. The van der Waals surface area contributed by atoms with Crippen LogP contribution in [0.1, 0.15) is 6.92 Å². The van der Waals surface area contributed by atoms with E-state index in [0.717, 1.165) is 0 Å². The first-order valence-electron chi connectivity index (χ1n) is 3.79. The van der Waals surface area contributed by atoms with E-state index in [1.807, 2.05) is 0 Å². The van der Waals surface area contributed by atoms with E-state index in [1.54, 1.807) is 31.2 Å². The Morgan fingerprint density at radius 2 is 2.15 bits per heavy atom. The molecule has 13 heavy (non-hydrogen) atoms. The Labute approximate surface area is 82.8 Å². The number of rotatable bonds is 3. The van der Waals surface area contributed by atoms with Gasteiger partial charge in [0, 0.05) is 10.7 Å². The number of hydrogen-bond donors (Lipinski definition) is 1. The molecule has 72 valence electrons. The SMILES string of the molecule is CCS(=O)(=O)Nc1cccc(Cl)c1. The largest absolute Gasteiger partial charge is 0.284 e. The van der Waals surface area contributed by atoms with Crippen LogP contribution < -0.4 is 4.72 Å². The highest BCUT2D eigenvalue weighted by Crippen LogP contribution is 2.15. The van der Waals surface area contributed by atoms with Gasteiger partial charge in [-0.2, -0.15) is 0 Å². The van der Waals surface area contributed by atoms with Crippen LogP contribution in [-0.2, 0) is 10.0 Å². The molecule has 0 spiro atoms. The van der Waals surface area contributed by atoms with Crippen LogP contribution in [0.4, 0.5) is 5.69 Å². The fourth-order valence-corrected chi connectivity index (χ4v) is 1.62. The second-order valence-electron chi connectivity index (χ2n) is 2.52. The van der Waals surface area contributed by atoms with Crippen LogP contribution in [0.3, 0.4) is 0 Å². The van der Waals surface area contributed by atoms with Crippen LogP contribution in [-0.4, -0.2) is 14.2 Å². The van der Waals surface area contributed by atoms with Crippen molar-refractivity contribution in [3.63, 3.8) is 0 Å². The predicted molar refractivity (Wildman–Crippen MR) is 54.5 cm³/mol. The van der Waals surface area contributed by atoms with Gasteiger partial charge in [0.25, 0.3) is 0 Å². The van der Waals surface area contributed by atoms with Gasteiger partial charge < -0.3 is 0 Å². The van der Waals surface area contributed by atoms with Gasteiger partial charge in [-0.25, -0.2) is 8.42 Å². The van der Waals surface area contributed by atoms with Crippen LogP contribution in [0.5, 0.6) is 0 Å². The molecular formula is C8H10ClNO2S. The van der Waals surface area contributed by atoms with Gasteiger partial charge in [-0.05, 0) is 25.1 Å². The van der Waals surface area contributed by atoms with Crippen molar-refractivity contribution in [1.29, 1.82) is 0 Å². The number of hydrogen-bond acceptors (Lipinski definition) is 2. The molecule has 0 unspecified atom stereocenters. The molecule has 0 aromatic heterocycles. The van der Waals surface area contributed by atoms with E-state index < -0.39 is 10.0 Å². The summed E-state index contributed by atoms with van der Waals surface area (Å²) in [5, 5.41) is 0.510. The number of sulfonamides is 1. The summed E-state index contributed by atoms with van der Waals surface area (Å²) in [7, 11) is -3.20. The smallest absolute Gasteiger partial charge is 0.232 e. The lowest BCUT2D eigenvalue weighted by Gasteiger charge is -2.05. The van der Waals surface area contributed by atoms with Crippen LogP contribution in [0.15, 0.2) is 24.3 Å². The Bertz CT molecular complexity index is 389. The van der Waals surface area contributed by atoms with Gasteiger partial charge >= 0.3 is 0 Å². The summed E-state index contributed by atoms with van der Waals surface area (Å²) in [4.78, 5) is 0. The topological polar surface area (TPSA) is 46.2 Å². The highest BCUT2D eigenvalue weighted by molar-refractivity contribution is 7.92. The molecule has 0 radical (unpaired) electrons. The minimum absolute atomic E-state index is 0.0551. The third-order valence-electron chi connectivity index (χ3n) is 1.48. The molecule has 0 aliphatic rings. The molecule has 0 fully saturated rings. The molecule has 0 aliphatic carbocycles. The molecule has 3 nitrogen and oxygen atoms in total. The zero-order valence-corrected chi connectivity index (χ0v) is 8.69. The zero-order chi connectivity index (χ0) is 9.90. The molecular weight excluding hydrogens is 210 g/mol. The number of anilines is 1. The third-order valence-corrected chi connectivity index (χ3v) is 3.02. The van der Waals surface area contributed by atoms with Crippen molar-refractivity contribution in [2.24, 2.45) is 0 Å². The van der Waals surface area contributed by atoms with E-state index in [2.05, 4.69) is 4.72 Å². The molecule has 0 aliphatic heterocycles. The highest BCUT2D eigenvalue weighted by atomic mass is 35.5. The third kappa shape index (κ3) is 3.24. The maximum Gasteiger partial charge on any atom is 0.232 e. The number of halogens is 1. The lowest BCUT2D eigenvalue weighted by atomic mass is 10.3. The second kappa shape index (κ2) is 3.98. The molecule has 1 aromatic carbocycles. The summed E-state index contributed by atoms with van der Waals surface area (Å²) >= 11 is 5.68. The van der Waals surface area contributed by atoms with Gasteiger partial charge in [0.05, 0.1) is 5.75 Å². The van der Waals surface area contributed by atoms with Crippen molar-refractivity contribution >= 4 is 27.3 Å². The minimum Gasteiger partial charge on any atom is -0.284 e. The summed E-state index contributed by atoms with van der Waals surface area (Å²) in [5.41, 5.74) is 0.495. The molecule has 0 saturated heterocycles. The van der Waals surface area contributed by atoms with Crippen LogP contribution >= 0.6 is 11.6 Å². The normalized spacial score (nSPS) is 11.2. The second-order valence-corrected chi connectivity index (χ2v) is 4.96. The molecule has 0 bridgehead atoms. The van der Waals surface area contributed by atoms with Crippen molar-refractivity contribution in [1.82, 2.24) is 0 Å². The van der Waals surface area contributed by atoms with Gasteiger partial charge in [-0.1, -0.05) is 17.7 Å². The first-order valence-corrected chi connectivity index (χ1v) is 5.82. The van der Waals surface area contributed by atoms with Crippen molar-refractivity contribution in [2.75, 3.05) is 10.5 Å². The Morgan fingerprint density at radius 1 is 1.46 bits per heavy atom. The van der Waals surface area contributed by atoms with E-state index >= 15 is 0 Å². The summed E-state index contributed by atoms with van der Waals surface area (Å²) in [6.45, 7) is 1.58. The first kappa shape index (κ1) is 10.3. The van der Waals surface area contributed by atoms with Gasteiger partial charge in [0.2, 0.25) is 10.0 Å².